The molecule has 2 N–H and O–H groups in total. The molecule has 10 heteroatoms. The van der Waals surface area contributed by atoms with Crippen molar-refractivity contribution >= 4 is 44.3 Å². The van der Waals surface area contributed by atoms with Crippen LogP contribution in [0.25, 0.3) is 11.0 Å². The highest BCUT2D eigenvalue weighted by Gasteiger charge is 2.14. The highest BCUT2D eigenvalue weighted by atomic mass is 35.5. The lowest BCUT2D eigenvalue weighted by atomic mass is 10.3. The van der Waals surface area contributed by atoms with Crippen LogP contribution in [0.4, 0.5) is 5.69 Å². The fourth-order valence-corrected chi connectivity index (χ4v) is 3.76. The minimum atomic E-state index is -3.69. The molecular formula is C18H20ClN5O3S. The van der Waals surface area contributed by atoms with Gasteiger partial charge in [-0.15, -0.1) is 0 Å². The van der Waals surface area contributed by atoms with E-state index in [0.29, 0.717) is 10.7 Å². The zero-order valence-electron chi connectivity index (χ0n) is 15.4. The van der Waals surface area contributed by atoms with E-state index in [2.05, 4.69) is 20.1 Å². The van der Waals surface area contributed by atoms with Gasteiger partial charge in [0.25, 0.3) is 0 Å². The van der Waals surface area contributed by atoms with Crippen LogP contribution in [-0.4, -0.2) is 35.6 Å². The fraction of sp³-hybridized carbons (Fsp3) is 0.278. The van der Waals surface area contributed by atoms with Crippen LogP contribution in [0, 0.1) is 0 Å². The maximum absolute atomic E-state index is 12.2. The minimum Gasteiger partial charge on any atom is -0.325 e. The fourth-order valence-electron chi connectivity index (χ4n) is 2.61. The molecule has 0 saturated heterocycles. The molecule has 148 valence electrons. The SMILES string of the molecule is CC(C)n1ncc2cc(NC(=O)CCNS(=O)(=O)c3ccc(Cl)cc3)cnc21. The van der Waals surface area contributed by atoms with E-state index < -0.39 is 10.0 Å². The maximum atomic E-state index is 12.2. The number of hydrogen-bond donors (Lipinski definition) is 2. The van der Waals surface area contributed by atoms with E-state index >= 15 is 0 Å². The van der Waals surface area contributed by atoms with Crippen LogP contribution in [0.2, 0.25) is 5.02 Å². The molecule has 0 unspecified atom stereocenters. The number of nitrogens with zero attached hydrogens (tertiary/aromatic N) is 3. The highest BCUT2D eigenvalue weighted by Crippen LogP contribution is 2.19. The third-order valence-electron chi connectivity index (χ3n) is 3.97. The van der Waals surface area contributed by atoms with Gasteiger partial charge in [-0.3, -0.25) is 4.79 Å². The smallest absolute Gasteiger partial charge is 0.240 e. The van der Waals surface area contributed by atoms with Crippen molar-refractivity contribution in [3.63, 3.8) is 0 Å². The second-order valence-corrected chi connectivity index (χ2v) is 8.67. The first-order valence-electron chi connectivity index (χ1n) is 8.64. The van der Waals surface area contributed by atoms with Crippen molar-refractivity contribution in [2.75, 3.05) is 11.9 Å². The number of anilines is 1. The van der Waals surface area contributed by atoms with Gasteiger partial charge in [0.2, 0.25) is 15.9 Å². The van der Waals surface area contributed by atoms with Gasteiger partial charge in [-0.1, -0.05) is 11.6 Å². The number of hydrogen-bond acceptors (Lipinski definition) is 5. The molecule has 1 aromatic carbocycles. The van der Waals surface area contributed by atoms with E-state index in [9.17, 15) is 13.2 Å². The number of nitrogens with one attached hydrogen (secondary N) is 2. The quantitative estimate of drug-likeness (QED) is 0.610. The van der Waals surface area contributed by atoms with E-state index in [1.807, 2.05) is 13.8 Å². The van der Waals surface area contributed by atoms with Gasteiger partial charge >= 0.3 is 0 Å². The Kier molecular flexibility index (Phi) is 5.97. The van der Waals surface area contributed by atoms with Gasteiger partial charge in [-0.25, -0.2) is 22.8 Å². The lowest BCUT2D eigenvalue weighted by Crippen LogP contribution is -2.27. The summed E-state index contributed by atoms with van der Waals surface area (Å²) in [5.41, 5.74) is 1.27. The Bertz CT molecular complexity index is 1090. The lowest BCUT2D eigenvalue weighted by molar-refractivity contribution is -0.116. The zero-order valence-corrected chi connectivity index (χ0v) is 17.0. The maximum Gasteiger partial charge on any atom is 0.240 e. The summed E-state index contributed by atoms with van der Waals surface area (Å²) in [7, 11) is -3.69. The summed E-state index contributed by atoms with van der Waals surface area (Å²) in [6.45, 7) is 3.99. The predicted molar refractivity (Wildman–Crippen MR) is 108 cm³/mol. The second-order valence-electron chi connectivity index (χ2n) is 6.47. The average molecular weight is 422 g/mol. The van der Waals surface area contributed by atoms with Crippen LogP contribution in [0.1, 0.15) is 26.3 Å². The highest BCUT2D eigenvalue weighted by molar-refractivity contribution is 7.89. The molecule has 0 spiro atoms. The van der Waals surface area contributed by atoms with E-state index in [-0.39, 0.29) is 29.8 Å². The Balaban J connectivity index is 1.57. The largest absolute Gasteiger partial charge is 0.325 e. The molecule has 8 nitrogen and oxygen atoms in total. The Morgan fingerprint density at radius 3 is 2.61 bits per heavy atom. The van der Waals surface area contributed by atoms with Gasteiger partial charge in [-0.05, 0) is 44.2 Å². The number of halogens is 1. The molecule has 0 aliphatic rings. The molecule has 1 amide bonds. The molecule has 0 aliphatic carbocycles. The number of amides is 1. The van der Waals surface area contributed by atoms with Crippen molar-refractivity contribution < 1.29 is 13.2 Å². The van der Waals surface area contributed by atoms with Crippen LogP contribution in [0.3, 0.4) is 0 Å². The zero-order chi connectivity index (χ0) is 20.3. The molecule has 28 heavy (non-hydrogen) atoms. The molecule has 0 saturated carbocycles. The van der Waals surface area contributed by atoms with Gasteiger partial charge in [0.15, 0.2) is 5.65 Å². The monoisotopic (exact) mass is 421 g/mol. The van der Waals surface area contributed by atoms with Crippen LogP contribution in [0.5, 0.6) is 0 Å². The van der Waals surface area contributed by atoms with Crippen molar-refractivity contribution in [2.45, 2.75) is 31.2 Å². The number of fused-ring (bicyclic) bond motifs is 1. The summed E-state index contributed by atoms with van der Waals surface area (Å²) in [5.74, 6) is -0.323. The summed E-state index contributed by atoms with van der Waals surface area (Å²) >= 11 is 5.76. The van der Waals surface area contributed by atoms with Gasteiger partial charge in [0.05, 0.1) is 23.0 Å². The summed E-state index contributed by atoms with van der Waals surface area (Å²) < 4.78 is 28.6. The normalized spacial score (nSPS) is 11.9. The lowest BCUT2D eigenvalue weighted by Gasteiger charge is -2.09. The molecule has 0 fully saturated rings. The Labute approximate surface area is 168 Å². The molecule has 3 rings (SSSR count). The van der Waals surface area contributed by atoms with Crippen LogP contribution in [0.15, 0.2) is 47.6 Å². The summed E-state index contributed by atoms with van der Waals surface area (Å²) in [6, 6.07) is 7.76. The average Bonchev–Trinajstić information content (AvgIpc) is 3.05. The number of rotatable bonds is 7. The number of aromatic nitrogens is 3. The van der Waals surface area contributed by atoms with Crippen LogP contribution in [-0.2, 0) is 14.8 Å². The molecule has 0 bridgehead atoms. The Hall–Kier alpha value is -2.49. The topological polar surface area (TPSA) is 106 Å². The number of carbonyl (C=O) groups is 1. The van der Waals surface area contributed by atoms with Crippen molar-refractivity contribution in [1.82, 2.24) is 19.5 Å². The van der Waals surface area contributed by atoms with E-state index in [1.54, 1.807) is 23.1 Å². The third kappa shape index (κ3) is 4.67. The first-order valence-corrected chi connectivity index (χ1v) is 10.5. The van der Waals surface area contributed by atoms with Crippen molar-refractivity contribution in [3.8, 4) is 0 Å². The van der Waals surface area contributed by atoms with Gasteiger partial charge in [0.1, 0.15) is 0 Å². The van der Waals surface area contributed by atoms with Crippen molar-refractivity contribution in [2.24, 2.45) is 0 Å². The van der Waals surface area contributed by atoms with Crippen LogP contribution < -0.4 is 10.0 Å². The Morgan fingerprint density at radius 2 is 1.93 bits per heavy atom. The predicted octanol–water partition coefficient (Wildman–Crippen LogP) is 2.97. The molecule has 0 aliphatic heterocycles. The van der Waals surface area contributed by atoms with Gasteiger partial charge in [0, 0.05) is 29.4 Å². The molecular weight excluding hydrogens is 402 g/mol. The standard InChI is InChI=1S/C18H20ClN5O3S/c1-12(2)24-18-13(10-21-24)9-15(11-20-18)23-17(25)7-8-22-28(26,27)16-5-3-14(19)4-6-16/h3-6,9-12,22H,7-8H2,1-2H3,(H,23,25). The summed E-state index contributed by atoms with van der Waals surface area (Å²) in [5, 5.41) is 8.26. The molecule has 3 aromatic rings. The first kappa shape index (κ1) is 20.2. The Morgan fingerprint density at radius 1 is 1.21 bits per heavy atom. The molecule has 0 radical (unpaired) electrons. The van der Waals surface area contributed by atoms with Crippen molar-refractivity contribution in [1.29, 1.82) is 0 Å². The summed E-state index contributed by atoms with van der Waals surface area (Å²) in [4.78, 5) is 16.6. The number of pyridine rings is 1. The minimum absolute atomic E-state index is 0.0177. The van der Waals surface area contributed by atoms with E-state index in [1.165, 1.54) is 24.3 Å². The number of benzene rings is 1. The molecule has 2 aromatic heterocycles. The molecule has 0 atom stereocenters. The van der Waals surface area contributed by atoms with E-state index in [0.717, 1.165) is 11.0 Å². The van der Waals surface area contributed by atoms with E-state index in [4.69, 9.17) is 11.6 Å². The summed E-state index contributed by atoms with van der Waals surface area (Å²) in [6.07, 6.45) is 3.23. The van der Waals surface area contributed by atoms with Crippen LogP contribution >= 0.6 is 11.6 Å². The third-order valence-corrected chi connectivity index (χ3v) is 5.70. The number of sulfonamides is 1. The number of carbonyl (C=O) groups excluding carboxylic acids is 1. The van der Waals surface area contributed by atoms with Gasteiger partial charge < -0.3 is 5.32 Å². The first-order chi connectivity index (χ1) is 13.3. The molecule has 2 heterocycles. The second kappa shape index (κ2) is 8.26. The van der Waals surface area contributed by atoms with Crippen molar-refractivity contribution in [3.05, 3.63) is 47.7 Å². The van der Waals surface area contributed by atoms with Gasteiger partial charge in [-0.2, -0.15) is 5.10 Å².